The molecule has 7 fully saturated rings. The van der Waals surface area contributed by atoms with Crippen LogP contribution in [0, 0.1) is 16.0 Å². The minimum atomic E-state index is -1.34. The molecule has 5 aliphatic heterocycles. The number of amides is 2. The predicted molar refractivity (Wildman–Crippen MR) is 189 cm³/mol. The number of hydrogen-bond donors (Lipinski definition) is 3. The quantitative estimate of drug-likeness (QED) is 0.196. The van der Waals surface area contributed by atoms with Crippen LogP contribution in [0.15, 0.2) is 11.8 Å². The van der Waals surface area contributed by atoms with Gasteiger partial charge in [0.15, 0.2) is 5.78 Å². The van der Waals surface area contributed by atoms with E-state index < -0.39 is 53.9 Å². The van der Waals surface area contributed by atoms with Crippen LogP contribution in [-0.2, 0) is 23.8 Å². The molecule has 0 aromatic heterocycles. The number of alkyl carbamates (subject to hydrolysis) is 1. The van der Waals surface area contributed by atoms with Gasteiger partial charge >= 0.3 is 6.09 Å². The molecule has 0 radical (unpaired) electrons. The Hall–Kier alpha value is -2.92. The normalized spacial score (nSPS) is 41.1. The van der Waals surface area contributed by atoms with Gasteiger partial charge in [-0.25, -0.2) is 9.18 Å². The number of ether oxygens (including phenoxy) is 3. The smallest absolute Gasteiger partial charge is 0.407 e. The van der Waals surface area contributed by atoms with Gasteiger partial charge in [-0.05, 0) is 78.8 Å². The van der Waals surface area contributed by atoms with Gasteiger partial charge in [0.25, 0.3) is 5.91 Å². The number of likely N-dealkylation sites (tertiary alicyclic amines) is 2. The summed E-state index contributed by atoms with van der Waals surface area (Å²) in [5.74, 6) is -1.53. The van der Waals surface area contributed by atoms with Crippen LogP contribution in [0.25, 0.3) is 0 Å². The van der Waals surface area contributed by atoms with Crippen molar-refractivity contribution >= 4 is 17.8 Å². The molecule has 3 saturated carbocycles. The minimum absolute atomic E-state index is 0.0117. The lowest BCUT2D eigenvalue weighted by Gasteiger charge is -2.61. The van der Waals surface area contributed by atoms with Gasteiger partial charge in [0.2, 0.25) is 6.04 Å². The Kier molecular flexibility index (Phi) is 10.2. The van der Waals surface area contributed by atoms with Crippen molar-refractivity contribution in [3.05, 3.63) is 21.9 Å². The third kappa shape index (κ3) is 7.42. The molecule has 3 aliphatic carbocycles. The summed E-state index contributed by atoms with van der Waals surface area (Å²) in [7, 11) is 0. The first-order valence-electron chi connectivity index (χ1n) is 20.0. The molecule has 5 heterocycles. The third-order valence-corrected chi connectivity index (χ3v) is 13.0. The largest absolute Gasteiger partial charge is 0.444 e. The predicted octanol–water partition coefficient (Wildman–Crippen LogP) is 1.51. The van der Waals surface area contributed by atoms with Gasteiger partial charge in [-0.1, -0.05) is 0 Å². The maximum Gasteiger partial charge on any atom is 0.407 e. The van der Waals surface area contributed by atoms with Crippen molar-refractivity contribution in [2.24, 2.45) is 5.92 Å². The van der Waals surface area contributed by atoms with Crippen molar-refractivity contribution in [2.45, 2.75) is 157 Å². The minimum Gasteiger partial charge on any atom is -0.444 e. The monoisotopic (exact) mass is 745 g/mol. The summed E-state index contributed by atoms with van der Waals surface area (Å²) in [4.78, 5) is 58.5. The maximum absolute atomic E-state index is 16.4. The summed E-state index contributed by atoms with van der Waals surface area (Å²) in [6.45, 7) is 9.49. The SMILES string of the molecule is CC(C)(C)OC(=O)N[C@H]1CCN(C(=O)C2=CN3C4CC5OC6CC([N+](=O)[O-])CCC6NC5CC4OC4C(NCCN5CCCC5)C(F)CC(C2=O)C43)C1. The highest BCUT2D eigenvalue weighted by molar-refractivity contribution is 6.20. The summed E-state index contributed by atoms with van der Waals surface area (Å²) in [5, 5.41) is 21.7. The lowest BCUT2D eigenvalue weighted by molar-refractivity contribution is -0.529. The molecule has 8 aliphatic rings. The number of nitrogens with zero attached hydrogens (tertiary/aromatic N) is 4. The van der Waals surface area contributed by atoms with Gasteiger partial charge in [-0.2, -0.15) is 0 Å². The number of Topliss-reactive ketones (excluding diaryl/α,β-unsaturated/α-hetero) is 1. The Bertz CT molecular complexity index is 1470. The standard InChI is InChI=1S/C37H56FN7O8/c1-37(2,3)53-36(48)40-20-8-12-43(18-20)35(47)23-19-44-27-17-29-26(41-25-7-6-21(45(49)50)14-28(25)51-29)16-30(27)52-34-31(39-9-13-42-10-4-5-11-42)24(38)15-22(32(34)44)33(23)46/h19-22,24-32,34,39,41H,4-18H2,1-3H3,(H,40,48)/t20-,21?,22?,24?,25?,26?,27?,28?,29?,30?,31?,32?,34?/m0/s1. The second-order valence-electron chi connectivity index (χ2n) is 17.6. The summed E-state index contributed by atoms with van der Waals surface area (Å²) >= 11 is 0. The molecular formula is C37H56FN7O8. The molecule has 13 atom stereocenters. The van der Waals surface area contributed by atoms with Crippen LogP contribution in [0.3, 0.4) is 0 Å². The van der Waals surface area contributed by atoms with Crippen LogP contribution in [-0.4, -0.2) is 155 Å². The molecule has 53 heavy (non-hydrogen) atoms. The van der Waals surface area contributed by atoms with E-state index in [0.717, 1.165) is 19.6 Å². The van der Waals surface area contributed by atoms with Crippen molar-refractivity contribution in [2.75, 3.05) is 39.3 Å². The zero-order chi connectivity index (χ0) is 37.2. The number of ketones is 1. The molecule has 0 aromatic rings. The number of fused-ring (bicyclic) bond motifs is 4. The van der Waals surface area contributed by atoms with Gasteiger partial charge < -0.3 is 44.9 Å². The average molecular weight is 746 g/mol. The molecule has 0 bridgehead atoms. The third-order valence-electron chi connectivity index (χ3n) is 13.0. The van der Waals surface area contributed by atoms with Crippen LogP contribution in [0.1, 0.15) is 78.6 Å². The van der Waals surface area contributed by atoms with Crippen molar-refractivity contribution in [3.8, 4) is 0 Å². The fraction of sp³-hybridized carbons (Fsp3) is 0.865. The fourth-order valence-electron chi connectivity index (χ4n) is 10.5. The molecule has 294 valence electrons. The number of halogens is 1. The van der Waals surface area contributed by atoms with Crippen LogP contribution in [0.2, 0.25) is 0 Å². The van der Waals surface area contributed by atoms with E-state index in [0.29, 0.717) is 51.6 Å². The topological polar surface area (TPSA) is 168 Å². The first-order chi connectivity index (χ1) is 25.3. The number of rotatable bonds is 7. The molecule has 3 N–H and O–H groups in total. The molecule has 12 unspecified atom stereocenters. The summed E-state index contributed by atoms with van der Waals surface area (Å²) in [5.41, 5.74) is -0.617. The van der Waals surface area contributed by atoms with E-state index in [-0.39, 0.29) is 71.7 Å². The number of carbonyl (C=O) groups is 3. The van der Waals surface area contributed by atoms with Crippen molar-refractivity contribution in [1.29, 1.82) is 0 Å². The van der Waals surface area contributed by atoms with Crippen molar-refractivity contribution in [1.82, 2.24) is 30.7 Å². The molecular weight excluding hydrogens is 689 g/mol. The Labute approximate surface area is 310 Å². The fourth-order valence-corrected chi connectivity index (χ4v) is 10.5. The van der Waals surface area contributed by atoms with E-state index in [4.69, 9.17) is 14.2 Å². The molecule has 4 saturated heterocycles. The molecule has 15 nitrogen and oxygen atoms in total. The zero-order valence-corrected chi connectivity index (χ0v) is 31.1. The highest BCUT2D eigenvalue weighted by atomic mass is 19.1. The highest BCUT2D eigenvalue weighted by Crippen LogP contribution is 2.47. The molecule has 0 spiro atoms. The Balaban J connectivity index is 1.04. The van der Waals surface area contributed by atoms with Gasteiger partial charge in [-0.15, -0.1) is 0 Å². The first-order valence-corrected chi connectivity index (χ1v) is 20.0. The molecule has 0 aromatic carbocycles. The Morgan fingerprint density at radius 1 is 1.04 bits per heavy atom. The Morgan fingerprint density at radius 3 is 2.57 bits per heavy atom. The van der Waals surface area contributed by atoms with E-state index in [1.165, 1.54) is 12.8 Å². The number of nitro groups is 1. The zero-order valence-electron chi connectivity index (χ0n) is 31.1. The van der Waals surface area contributed by atoms with Crippen molar-refractivity contribution < 1.29 is 37.9 Å². The number of carbonyl (C=O) groups excluding carboxylic acids is 3. The second kappa shape index (κ2) is 14.6. The maximum atomic E-state index is 16.4. The van der Waals surface area contributed by atoms with E-state index >= 15 is 4.39 Å². The summed E-state index contributed by atoms with van der Waals surface area (Å²) in [6, 6.07) is -2.23. The van der Waals surface area contributed by atoms with E-state index in [1.54, 1.807) is 31.9 Å². The van der Waals surface area contributed by atoms with Gasteiger partial charge in [0, 0.05) is 68.1 Å². The number of nitrogens with one attached hydrogen (secondary N) is 3. The van der Waals surface area contributed by atoms with Crippen molar-refractivity contribution in [3.63, 3.8) is 0 Å². The van der Waals surface area contributed by atoms with Gasteiger partial charge in [0.05, 0.1) is 54.2 Å². The summed E-state index contributed by atoms with van der Waals surface area (Å²) < 4.78 is 35.4. The molecule has 8 rings (SSSR count). The van der Waals surface area contributed by atoms with Crippen LogP contribution in [0.5, 0.6) is 0 Å². The number of alkyl halides is 1. The van der Waals surface area contributed by atoms with Crippen LogP contribution >= 0.6 is 0 Å². The highest BCUT2D eigenvalue weighted by Gasteiger charge is 2.61. The first kappa shape index (κ1) is 37.0. The molecule has 16 heteroatoms. The van der Waals surface area contributed by atoms with Gasteiger partial charge in [-0.3, -0.25) is 19.7 Å². The van der Waals surface area contributed by atoms with Crippen LogP contribution in [0.4, 0.5) is 9.18 Å². The lowest BCUT2D eigenvalue weighted by Crippen LogP contribution is -2.75. The molecule has 2 amide bonds. The lowest BCUT2D eigenvalue weighted by atomic mass is 9.69. The van der Waals surface area contributed by atoms with Gasteiger partial charge in [0.1, 0.15) is 11.8 Å². The van der Waals surface area contributed by atoms with Crippen LogP contribution < -0.4 is 16.0 Å². The second-order valence-corrected chi connectivity index (χ2v) is 17.6. The number of hydrogen-bond acceptors (Lipinski definition) is 12. The van der Waals surface area contributed by atoms with E-state index in [2.05, 4.69) is 25.8 Å². The Morgan fingerprint density at radius 2 is 1.81 bits per heavy atom. The average Bonchev–Trinajstić information content (AvgIpc) is 3.80. The summed E-state index contributed by atoms with van der Waals surface area (Å²) in [6.07, 6.45) is 4.00. The van der Waals surface area contributed by atoms with E-state index in [1.807, 2.05) is 0 Å². The number of morpholine rings is 2. The van der Waals surface area contributed by atoms with E-state index in [9.17, 15) is 24.5 Å².